The number of halogens is 1. The minimum absolute atomic E-state index is 1.10. The fraction of sp³-hybridized carbons (Fsp3) is 0. The lowest BCUT2D eigenvalue weighted by molar-refractivity contribution is 1.57. The summed E-state index contributed by atoms with van der Waals surface area (Å²) in [5.74, 6) is 0. The molecule has 0 bridgehead atoms. The Labute approximate surface area is 91.8 Å². The van der Waals surface area contributed by atoms with Crippen LogP contribution in [0.3, 0.4) is 0 Å². The molecule has 13 heavy (non-hydrogen) atoms. The molecule has 0 N–H and O–H groups in total. The lowest BCUT2D eigenvalue weighted by Gasteiger charge is -1.99. The van der Waals surface area contributed by atoms with Crippen LogP contribution in [0.25, 0.3) is 11.1 Å². The van der Waals surface area contributed by atoms with Gasteiger partial charge in [0, 0.05) is 9.64 Å². The Morgan fingerprint density at radius 1 is 0.923 bits per heavy atom. The van der Waals surface area contributed by atoms with Gasteiger partial charge in [0.1, 0.15) is 0 Å². The molecule has 0 aromatic heterocycles. The Balaban J connectivity index is 2.48. The summed E-state index contributed by atoms with van der Waals surface area (Å²) in [4.78, 5) is 0. The number of rotatable bonds is 1. The van der Waals surface area contributed by atoms with Gasteiger partial charge in [-0.1, -0.05) is 36.4 Å². The first-order chi connectivity index (χ1) is 6.36. The second-order valence-electron chi connectivity index (χ2n) is 2.69. The fourth-order valence-corrected chi connectivity index (χ4v) is 1.66. The zero-order chi connectivity index (χ0) is 9.10. The van der Waals surface area contributed by atoms with Crippen molar-refractivity contribution in [1.82, 2.24) is 0 Å². The Morgan fingerprint density at radius 3 is 2.46 bits per heavy atom. The molecule has 0 spiro atoms. The molecule has 0 fully saturated rings. The molecular weight excluding hydrogens is 271 g/mol. The van der Waals surface area contributed by atoms with E-state index in [1.54, 1.807) is 0 Å². The van der Waals surface area contributed by atoms with E-state index < -0.39 is 0 Å². The number of benzene rings is 2. The molecule has 2 aromatic carbocycles. The first-order valence-corrected chi connectivity index (χ1v) is 5.09. The van der Waals surface area contributed by atoms with Crippen molar-refractivity contribution >= 4 is 22.6 Å². The fourth-order valence-electron chi connectivity index (χ4n) is 1.16. The van der Waals surface area contributed by atoms with E-state index in [-0.39, 0.29) is 0 Å². The van der Waals surface area contributed by atoms with Crippen molar-refractivity contribution < 1.29 is 0 Å². The van der Waals surface area contributed by atoms with E-state index in [4.69, 9.17) is 0 Å². The van der Waals surface area contributed by atoms with Gasteiger partial charge in [0.15, 0.2) is 0 Å². The smallest absolute Gasteiger partial charge is 0.0215 e. The molecular formula is C12H7I. The minimum atomic E-state index is 1.10. The molecule has 0 unspecified atom stereocenters. The van der Waals surface area contributed by atoms with E-state index in [1.165, 1.54) is 0 Å². The van der Waals surface area contributed by atoms with Crippen molar-refractivity contribution in [1.29, 1.82) is 0 Å². The summed E-state index contributed by atoms with van der Waals surface area (Å²) in [6.07, 6.45) is 0. The second kappa shape index (κ2) is 3.92. The van der Waals surface area contributed by atoms with Crippen molar-refractivity contribution in [3.8, 4) is 11.1 Å². The summed E-state index contributed by atoms with van der Waals surface area (Å²) in [7, 11) is 0. The third-order valence-electron chi connectivity index (χ3n) is 1.76. The van der Waals surface area contributed by atoms with Crippen LogP contribution in [0.5, 0.6) is 0 Å². The van der Waals surface area contributed by atoms with Crippen LogP contribution in [-0.4, -0.2) is 0 Å². The first kappa shape index (κ1) is 8.75. The highest BCUT2D eigenvalue weighted by molar-refractivity contribution is 14.1. The SMILES string of the molecule is Ic1[c]c(-c2[c]cccc2)ccc1. The predicted molar refractivity (Wildman–Crippen MR) is 62.3 cm³/mol. The largest absolute Gasteiger partial charge is 0.0616 e. The molecule has 0 saturated carbocycles. The Morgan fingerprint density at radius 2 is 1.77 bits per heavy atom. The molecule has 2 aromatic rings. The maximum atomic E-state index is 3.28. The highest BCUT2D eigenvalue weighted by atomic mass is 127. The van der Waals surface area contributed by atoms with Crippen LogP contribution in [0.1, 0.15) is 0 Å². The van der Waals surface area contributed by atoms with Gasteiger partial charge in [0.25, 0.3) is 0 Å². The maximum Gasteiger partial charge on any atom is 0.0215 e. The van der Waals surface area contributed by atoms with Crippen LogP contribution >= 0.6 is 22.6 Å². The van der Waals surface area contributed by atoms with E-state index in [2.05, 4.69) is 34.7 Å². The van der Waals surface area contributed by atoms with Crippen molar-refractivity contribution in [3.63, 3.8) is 0 Å². The molecule has 0 aliphatic carbocycles. The van der Waals surface area contributed by atoms with E-state index in [9.17, 15) is 0 Å². The molecule has 62 valence electrons. The molecule has 0 aliphatic rings. The van der Waals surface area contributed by atoms with Gasteiger partial charge in [-0.05, 0) is 45.9 Å². The van der Waals surface area contributed by atoms with Gasteiger partial charge in [-0.3, -0.25) is 0 Å². The van der Waals surface area contributed by atoms with Gasteiger partial charge in [-0.15, -0.1) is 0 Å². The van der Waals surface area contributed by atoms with Crippen LogP contribution in [-0.2, 0) is 0 Å². The molecule has 0 heterocycles. The van der Waals surface area contributed by atoms with E-state index in [1.807, 2.05) is 42.5 Å². The highest BCUT2D eigenvalue weighted by Crippen LogP contribution is 2.19. The maximum absolute atomic E-state index is 3.28. The van der Waals surface area contributed by atoms with Gasteiger partial charge >= 0.3 is 0 Å². The number of hydrogen-bond donors (Lipinski definition) is 0. The van der Waals surface area contributed by atoms with Gasteiger partial charge in [-0.25, -0.2) is 0 Å². The average Bonchev–Trinajstić information content (AvgIpc) is 2.19. The Kier molecular flexibility index (Phi) is 2.64. The quantitative estimate of drug-likeness (QED) is 0.700. The van der Waals surface area contributed by atoms with Crippen molar-refractivity contribution in [2.24, 2.45) is 0 Å². The molecule has 0 amide bonds. The second-order valence-corrected chi connectivity index (χ2v) is 3.85. The van der Waals surface area contributed by atoms with E-state index in [0.717, 1.165) is 14.7 Å². The third-order valence-corrected chi connectivity index (χ3v) is 2.39. The van der Waals surface area contributed by atoms with Crippen LogP contribution in [0.15, 0.2) is 42.5 Å². The van der Waals surface area contributed by atoms with E-state index >= 15 is 0 Å². The monoisotopic (exact) mass is 278 g/mol. The molecule has 0 aliphatic heterocycles. The van der Waals surface area contributed by atoms with Crippen molar-refractivity contribution in [3.05, 3.63) is 58.2 Å². The minimum Gasteiger partial charge on any atom is -0.0616 e. The summed E-state index contributed by atoms with van der Waals surface area (Å²) in [5.41, 5.74) is 2.20. The summed E-state index contributed by atoms with van der Waals surface area (Å²) >= 11 is 2.26. The van der Waals surface area contributed by atoms with Crippen molar-refractivity contribution in [2.45, 2.75) is 0 Å². The Hall–Kier alpha value is -0.830. The standard InChI is InChI=1S/C12H7I/c13-12-8-4-7-11(9-12)10-5-2-1-3-6-10/h1-5,7-8H. The van der Waals surface area contributed by atoms with E-state index in [0.29, 0.717) is 0 Å². The molecule has 0 saturated heterocycles. The number of hydrogen-bond acceptors (Lipinski definition) is 0. The first-order valence-electron chi connectivity index (χ1n) is 4.01. The molecule has 0 atom stereocenters. The average molecular weight is 278 g/mol. The van der Waals surface area contributed by atoms with Gasteiger partial charge in [0.05, 0.1) is 0 Å². The summed E-state index contributed by atoms with van der Waals surface area (Å²) in [5, 5.41) is 0. The molecule has 2 radical (unpaired) electrons. The molecule has 2 rings (SSSR count). The zero-order valence-corrected chi connectivity index (χ0v) is 9.08. The predicted octanol–water partition coefficient (Wildman–Crippen LogP) is 3.56. The van der Waals surface area contributed by atoms with Gasteiger partial charge in [0.2, 0.25) is 0 Å². The lowest BCUT2D eigenvalue weighted by Crippen LogP contribution is -1.78. The van der Waals surface area contributed by atoms with Crippen LogP contribution < -0.4 is 0 Å². The van der Waals surface area contributed by atoms with Gasteiger partial charge in [-0.2, -0.15) is 0 Å². The van der Waals surface area contributed by atoms with Crippen molar-refractivity contribution in [2.75, 3.05) is 0 Å². The molecule has 1 heteroatoms. The molecule has 0 nitrogen and oxygen atoms in total. The van der Waals surface area contributed by atoms with Gasteiger partial charge < -0.3 is 0 Å². The third kappa shape index (κ3) is 2.10. The Bertz CT molecular complexity index is 393. The highest BCUT2D eigenvalue weighted by Gasteiger charge is 1.96. The topological polar surface area (TPSA) is 0 Å². The van der Waals surface area contributed by atoms with Crippen LogP contribution in [0.2, 0.25) is 0 Å². The summed E-state index contributed by atoms with van der Waals surface area (Å²) in [6, 6.07) is 20.5. The normalized spacial score (nSPS) is 9.92. The van der Waals surface area contributed by atoms with Crippen LogP contribution in [0.4, 0.5) is 0 Å². The summed E-state index contributed by atoms with van der Waals surface area (Å²) in [6.45, 7) is 0. The summed E-state index contributed by atoms with van der Waals surface area (Å²) < 4.78 is 1.13. The van der Waals surface area contributed by atoms with Crippen LogP contribution in [0, 0.1) is 15.7 Å². The lowest BCUT2D eigenvalue weighted by atomic mass is 10.1. The zero-order valence-electron chi connectivity index (χ0n) is 6.92.